The Balaban J connectivity index is 1.28. The molecule has 198 valence electrons. The van der Waals surface area contributed by atoms with Crippen LogP contribution in [-0.4, -0.2) is 76.4 Å². The molecule has 1 aliphatic carbocycles. The number of benzene rings is 1. The van der Waals surface area contributed by atoms with Gasteiger partial charge in [-0.3, -0.25) is 19.5 Å². The van der Waals surface area contributed by atoms with E-state index in [1.165, 1.54) is 16.2 Å². The lowest BCUT2D eigenvalue weighted by atomic mass is 9.95. The van der Waals surface area contributed by atoms with Crippen LogP contribution in [0, 0.1) is 11.8 Å². The summed E-state index contributed by atoms with van der Waals surface area (Å²) >= 11 is 8.11. The summed E-state index contributed by atoms with van der Waals surface area (Å²) in [5, 5.41) is 23.7. The third kappa shape index (κ3) is 3.73. The number of piperidine rings is 1. The molecule has 38 heavy (non-hydrogen) atoms. The van der Waals surface area contributed by atoms with E-state index >= 15 is 0 Å². The molecule has 9 nitrogen and oxygen atoms in total. The molecule has 7 rings (SSSR count). The Labute approximate surface area is 228 Å². The number of pyridine rings is 1. The van der Waals surface area contributed by atoms with Crippen LogP contribution in [0.25, 0.3) is 21.3 Å². The Morgan fingerprint density at radius 2 is 1.95 bits per heavy atom. The molecule has 3 aliphatic heterocycles. The number of halogens is 1. The minimum absolute atomic E-state index is 0.0479. The van der Waals surface area contributed by atoms with E-state index in [1.807, 2.05) is 24.3 Å². The highest BCUT2D eigenvalue weighted by atomic mass is 35.5. The number of ether oxygens (including phenoxy) is 1. The zero-order chi connectivity index (χ0) is 26.2. The highest BCUT2D eigenvalue weighted by Gasteiger charge is 2.58. The van der Waals surface area contributed by atoms with Crippen LogP contribution in [0.15, 0.2) is 30.5 Å². The molecule has 1 aromatic carbocycles. The molecule has 3 fully saturated rings. The summed E-state index contributed by atoms with van der Waals surface area (Å²) in [5.41, 5.74) is 2.86. The van der Waals surface area contributed by atoms with Crippen LogP contribution < -0.4 is 15.0 Å². The molecule has 2 unspecified atom stereocenters. The summed E-state index contributed by atoms with van der Waals surface area (Å²) in [4.78, 5) is 34.2. The number of aliphatic hydroxyl groups excluding tert-OH is 2. The third-order valence-electron chi connectivity index (χ3n) is 8.33. The molecule has 0 bridgehead atoms. The standard InChI is InChI=1S/C27H27ClN4O5S/c28-14-5-18(23-22(6-14)37-4-3-31(23)15-9-27(12-33,13-34)30-10-15)17-1-2-29-21-7-16(38-24(17)21)11-32-25(35)19-8-20(19)26(32)36/h1-2,5-7,15,19-20,30,33-34H,3-4,8-13H2/t15-,19?,20?/m0/s1. The Kier molecular flexibility index (Phi) is 5.68. The molecular weight excluding hydrogens is 528 g/mol. The van der Waals surface area contributed by atoms with Crippen molar-refractivity contribution in [3.63, 3.8) is 0 Å². The number of aromatic nitrogens is 1. The van der Waals surface area contributed by atoms with Crippen LogP contribution in [0.3, 0.4) is 0 Å². The Morgan fingerprint density at radius 1 is 1.16 bits per heavy atom. The predicted octanol–water partition coefficient (Wildman–Crippen LogP) is 2.41. The van der Waals surface area contributed by atoms with Gasteiger partial charge in [-0.05, 0) is 31.0 Å². The van der Waals surface area contributed by atoms with Gasteiger partial charge in [0.1, 0.15) is 12.4 Å². The van der Waals surface area contributed by atoms with E-state index < -0.39 is 5.54 Å². The zero-order valence-corrected chi connectivity index (χ0v) is 22.1. The van der Waals surface area contributed by atoms with Crippen molar-refractivity contribution in [2.45, 2.75) is 31.0 Å². The SMILES string of the molecule is O=C1C2CC2C(=O)N1Cc1cc2nccc(-c3cc(Cl)cc4c3N([C@@H]3CNC(CO)(CO)C3)CCO4)c2s1. The number of amides is 2. The smallest absolute Gasteiger partial charge is 0.233 e. The van der Waals surface area contributed by atoms with Crippen molar-refractivity contribution < 1.29 is 24.5 Å². The lowest BCUT2D eigenvalue weighted by Gasteiger charge is -2.38. The highest BCUT2D eigenvalue weighted by Crippen LogP contribution is 2.49. The Bertz CT molecular complexity index is 1450. The number of carbonyl (C=O) groups excluding carboxylic acids is 2. The van der Waals surface area contributed by atoms with E-state index in [1.54, 1.807) is 6.20 Å². The maximum Gasteiger partial charge on any atom is 0.233 e. The van der Waals surface area contributed by atoms with Crippen molar-refractivity contribution in [1.82, 2.24) is 15.2 Å². The van der Waals surface area contributed by atoms with Gasteiger partial charge in [0.05, 0.1) is 59.6 Å². The molecule has 3 aromatic rings. The molecule has 0 spiro atoms. The third-order valence-corrected chi connectivity index (χ3v) is 9.69. The molecule has 2 aromatic heterocycles. The van der Waals surface area contributed by atoms with Gasteiger partial charge in [-0.2, -0.15) is 0 Å². The number of hydrogen-bond donors (Lipinski definition) is 3. The summed E-state index contributed by atoms with van der Waals surface area (Å²) in [7, 11) is 0. The topological polar surface area (TPSA) is 115 Å². The van der Waals surface area contributed by atoms with Crippen LogP contribution in [0.5, 0.6) is 5.75 Å². The number of aliphatic hydroxyl groups is 2. The van der Waals surface area contributed by atoms with Gasteiger partial charge in [-0.15, -0.1) is 11.3 Å². The molecule has 4 aliphatic rings. The number of carbonyl (C=O) groups is 2. The first-order chi connectivity index (χ1) is 18.4. The monoisotopic (exact) mass is 554 g/mol. The van der Waals surface area contributed by atoms with E-state index in [-0.39, 0.29) is 49.5 Å². The number of likely N-dealkylation sites (tertiary alicyclic amines) is 1. The van der Waals surface area contributed by atoms with Gasteiger partial charge in [0.2, 0.25) is 11.8 Å². The van der Waals surface area contributed by atoms with E-state index in [0.29, 0.717) is 43.3 Å². The van der Waals surface area contributed by atoms with Crippen molar-refractivity contribution in [3.05, 3.63) is 40.4 Å². The number of imide groups is 1. The van der Waals surface area contributed by atoms with Gasteiger partial charge in [0.25, 0.3) is 0 Å². The second-order valence-corrected chi connectivity index (χ2v) is 12.2. The van der Waals surface area contributed by atoms with Crippen LogP contribution in [0.2, 0.25) is 5.02 Å². The van der Waals surface area contributed by atoms with Gasteiger partial charge >= 0.3 is 0 Å². The number of hydrogen-bond acceptors (Lipinski definition) is 9. The molecule has 2 saturated heterocycles. The minimum atomic E-state index is -0.715. The van der Waals surface area contributed by atoms with Gasteiger partial charge < -0.3 is 25.2 Å². The first-order valence-electron chi connectivity index (χ1n) is 12.8. The summed E-state index contributed by atoms with van der Waals surface area (Å²) in [5.74, 6) is 0.340. The lowest BCUT2D eigenvalue weighted by Crippen LogP contribution is -2.47. The average molecular weight is 555 g/mol. The number of fused-ring (bicyclic) bond motifs is 3. The summed E-state index contributed by atoms with van der Waals surface area (Å²) in [6.45, 7) is 1.77. The van der Waals surface area contributed by atoms with E-state index in [9.17, 15) is 19.8 Å². The van der Waals surface area contributed by atoms with Crippen LogP contribution >= 0.6 is 22.9 Å². The fourth-order valence-corrected chi connectivity index (χ4v) is 7.54. The summed E-state index contributed by atoms with van der Waals surface area (Å²) < 4.78 is 7.02. The minimum Gasteiger partial charge on any atom is -0.489 e. The van der Waals surface area contributed by atoms with Gasteiger partial charge in [0, 0.05) is 45.9 Å². The van der Waals surface area contributed by atoms with E-state index in [4.69, 9.17) is 16.3 Å². The summed E-state index contributed by atoms with van der Waals surface area (Å²) in [6, 6.07) is 7.73. The van der Waals surface area contributed by atoms with E-state index in [2.05, 4.69) is 15.2 Å². The average Bonchev–Trinajstić information content (AvgIpc) is 3.33. The molecule has 0 radical (unpaired) electrons. The zero-order valence-electron chi connectivity index (χ0n) is 20.5. The molecule has 11 heteroatoms. The second-order valence-electron chi connectivity index (χ2n) is 10.7. The fourth-order valence-electron chi connectivity index (χ4n) is 6.20. The molecule has 1 saturated carbocycles. The lowest BCUT2D eigenvalue weighted by molar-refractivity contribution is -0.141. The number of nitrogens with zero attached hydrogens (tertiary/aromatic N) is 3. The quantitative estimate of drug-likeness (QED) is 0.398. The molecular formula is C27H27ClN4O5S. The molecule has 5 heterocycles. The first kappa shape index (κ1) is 24.3. The Hall–Kier alpha value is -2.76. The van der Waals surface area contributed by atoms with Crippen molar-refractivity contribution >= 4 is 50.7 Å². The molecule has 3 N–H and O–H groups in total. The van der Waals surface area contributed by atoms with E-state index in [0.717, 1.165) is 31.9 Å². The first-order valence-corrected chi connectivity index (χ1v) is 14.0. The maximum atomic E-state index is 12.5. The van der Waals surface area contributed by atoms with Crippen molar-refractivity contribution in [3.8, 4) is 16.9 Å². The highest BCUT2D eigenvalue weighted by molar-refractivity contribution is 7.19. The number of anilines is 1. The summed E-state index contributed by atoms with van der Waals surface area (Å²) in [6.07, 6.45) is 3.05. The van der Waals surface area contributed by atoms with Crippen molar-refractivity contribution in [2.24, 2.45) is 11.8 Å². The normalized spacial score (nSPS) is 25.6. The maximum absolute atomic E-state index is 12.5. The van der Waals surface area contributed by atoms with Crippen molar-refractivity contribution in [2.75, 3.05) is 37.8 Å². The largest absolute Gasteiger partial charge is 0.489 e. The van der Waals surface area contributed by atoms with Crippen LogP contribution in [0.1, 0.15) is 17.7 Å². The second kappa shape index (κ2) is 8.89. The number of rotatable bonds is 6. The molecule has 2 amide bonds. The Morgan fingerprint density at radius 3 is 2.68 bits per heavy atom. The van der Waals surface area contributed by atoms with Crippen LogP contribution in [-0.2, 0) is 16.1 Å². The van der Waals surface area contributed by atoms with Crippen molar-refractivity contribution in [1.29, 1.82) is 0 Å². The predicted molar refractivity (Wildman–Crippen MR) is 143 cm³/mol. The van der Waals surface area contributed by atoms with Gasteiger partial charge in [0.15, 0.2) is 0 Å². The fraction of sp³-hybridized carbons (Fsp3) is 0.444. The molecule has 3 atom stereocenters. The van der Waals surface area contributed by atoms with Gasteiger partial charge in [-0.1, -0.05) is 11.6 Å². The number of thiophene rings is 1. The van der Waals surface area contributed by atoms with Gasteiger partial charge in [-0.25, -0.2) is 0 Å². The van der Waals surface area contributed by atoms with Crippen LogP contribution in [0.4, 0.5) is 5.69 Å². The number of nitrogens with one attached hydrogen (secondary N) is 1.